The number of likely N-dealkylation sites (N-methyl/N-ethyl adjacent to an activating group) is 1. The number of rotatable bonds is 7. The largest absolute Gasteiger partial charge is 0.302 e. The number of carbonyl (C=O) groups excluding carboxylic acids is 1. The summed E-state index contributed by atoms with van der Waals surface area (Å²) in [6.45, 7) is 6.15. The lowest BCUT2D eigenvalue weighted by Crippen LogP contribution is -2.39. The van der Waals surface area contributed by atoms with Gasteiger partial charge >= 0.3 is 0 Å². The van der Waals surface area contributed by atoms with E-state index in [1.807, 2.05) is 13.8 Å². The molecule has 2 aromatic carbocycles. The monoisotopic (exact) mass is 461 g/mol. The third-order valence-corrected chi connectivity index (χ3v) is 5.60. The molecule has 0 atom stereocenters. The standard InChI is InChI=1S/C20H19F4N3OS.ClH/c1-3-26(4-2)7-8-27(19(28)12-5-6-14(22)15(23)9-12)20-25-18-16(24)10-13(21)11-17(18)29-20;/h5-6,9-11H,3-4,7-8H2,1-2H3;1H. The summed E-state index contributed by atoms with van der Waals surface area (Å²) in [7, 11) is 0. The fraction of sp³-hybridized carbons (Fsp3) is 0.300. The van der Waals surface area contributed by atoms with Crippen molar-refractivity contribution < 1.29 is 22.4 Å². The second kappa shape index (κ2) is 10.2. The zero-order valence-electron chi connectivity index (χ0n) is 16.3. The van der Waals surface area contributed by atoms with E-state index >= 15 is 0 Å². The third-order valence-electron chi connectivity index (χ3n) is 4.58. The minimum absolute atomic E-state index is 0. The van der Waals surface area contributed by atoms with E-state index in [0.717, 1.165) is 48.7 Å². The first kappa shape index (κ1) is 24.0. The number of thiazole rings is 1. The number of amides is 1. The Balaban J connectivity index is 0.00000320. The SMILES string of the molecule is CCN(CC)CCN(C(=O)c1ccc(F)c(F)c1)c1nc2c(F)cc(F)cc2s1.Cl. The van der Waals surface area contributed by atoms with Crippen LogP contribution in [0.3, 0.4) is 0 Å². The summed E-state index contributed by atoms with van der Waals surface area (Å²) >= 11 is 0.959. The molecule has 3 rings (SSSR count). The Kier molecular flexibility index (Phi) is 8.17. The molecular weight excluding hydrogens is 442 g/mol. The second-order valence-electron chi connectivity index (χ2n) is 6.34. The summed E-state index contributed by atoms with van der Waals surface area (Å²) in [5.41, 5.74) is -0.105. The van der Waals surface area contributed by atoms with Gasteiger partial charge in [-0.25, -0.2) is 22.5 Å². The van der Waals surface area contributed by atoms with Gasteiger partial charge in [-0.05, 0) is 37.4 Å². The van der Waals surface area contributed by atoms with Crippen LogP contribution in [0.25, 0.3) is 10.2 Å². The average molecular weight is 462 g/mol. The van der Waals surface area contributed by atoms with Gasteiger partial charge in [-0.3, -0.25) is 9.69 Å². The van der Waals surface area contributed by atoms with Gasteiger partial charge in [-0.1, -0.05) is 25.2 Å². The Hall–Kier alpha value is -2.23. The van der Waals surface area contributed by atoms with Crippen molar-refractivity contribution in [3.05, 3.63) is 59.2 Å². The van der Waals surface area contributed by atoms with E-state index in [0.29, 0.717) is 6.54 Å². The summed E-state index contributed by atoms with van der Waals surface area (Å²) in [6.07, 6.45) is 0. The fourth-order valence-corrected chi connectivity index (χ4v) is 3.94. The molecule has 0 bridgehead atoms. The lowest BCUT2D eigenvalue weighted by Gasteiger charge is -2.24. The lowest BCUT2D eigenvalue weighted by molar-refractivity contribution is 0.0983. The van der Waals surface area contributed by atoms with Crippen molar-refractivity contribution >= 4 is 45.0 Å². The first-order chi connectivity index (χ1) is 13.8. The number of halogens is 5. The molecule has 30 heavy (non-hydrogen) atoms. The normalized spacial score (nSPS) is 11.0. The zero-order valence-corrected chi connectivity index (χ0v) is 17.9. The minimum Gasteiger partial charge on any atom is -0.302 e. The van der Waals surface area contributed by atoms with E-state index in [-0.39, 0.29) is 39.9 Å². The molecular formula is C20H20ClF4N3OS. The maximum Gasteiger partial charge on any atom is 0.260 e. The van der Waals surface area contributed by atoms with E-state index in [9.17, 15) is 22.4 Å². The lowest BCUT2D eigenvalue weighted by atomic mass is 10.2. The molecule has 0 aliphatic carbocycles. The molecule has 0 saturated carbocycles. The Morgan fingerprint density at radius 3 is 2.30 bits per heavy atom. The number of fused-ring (bicyclic) bond motifs is 1. The van der Waals surface area contributed by atoms with Gasteiger partial charge < -0.3 is 4.90 Å². The first-order valence-corrected chi connectivity index (χ1v) is 9.90. The van der Waals surface area contributed by atoms with Gasteiger partial charge in [-0.2, -0.15) is 0 Å². The van der Waals surface area contributed by atoms with E-state index in [2.05, 4.69) is 9.88 Å². The van der Waals surface area contributed by atoms with Gasteiger partial charge in [-0.15, -0.1) is 12.4 Å². The molecule has 0 N–H and O–H groups in total. The van der Waals surface area contributed by atoms with Crippen LogP contribution >= 0.6 is 23.7 Å². The average Bonchev–Trinajstić information content (AvgIpc) is 3.11. The smallest absolute Gasteiger partial charge is 0.260 e. The molecule has 0 saturated heterocycles. The van der Waals surface area contributed by atoms with Crippen molar-refractivity contribution in [2.24, 2.45) is 0 Å². The van der Waals surface area contributed by atoms with Crippen molar-refractivity contribution in [1.29, 1.82) is 0 Å². The molecule has 10 heteroatoms. The molecule has 162 valence electrons. The zero-order chi connectivity index (χ0) is 21.1. The highest BCUT2D eigenvalue weighted by Gasteiger charge is 2.24. The summed E-state index contributed by atoms with van der Waals surface area (Å²) in [5.74, 6) is -4.37. The number of nitrogens with zero attached hydrogens (tertiary/aromatic N) is 3. The van der Waals surface area contributed by atoms with Crippen molar-refractivity contribution in [3.8, 4) is 0 Å². The molecule has 3 aromatic rings. The number of hydrogen-bond acceptors (Lipinski definition) is 4. The van der Waals surface area contributed by atoms with Gasteiger partial charge in [0.15, 0.2) is 22.6 Å². The molecule has 1 amide bonds. The van der Waals surface area contributed by atoms with Crippen molar-refractivity contribution in [2.75, 3.05) is 31.1 Å². The third kappa shape index (κ3) is 5.08. The number of anilines is 1. The van der Waals surface area contributed by atoms with Gasteiger partial charge in [0, 0.05) is 24.7 Å². The Morgan fingerprint density at radius 2 is 1.67 bits per heavy atom. The van der Waals surface area contributed by atoms with E-state index in [1.54, 1.807) is 0 Å². The Bertz CT molecular complexity index is 1040. The summed E-state index contributed by atoms with van der Waals surface area (Å²) < 4.78 is 54.8. The molecule has 0 fully saturated rings. The second-order valence-corrected chi connectivity index (χ2v) is 7.35. The minimum atomic E-state index is -1.14. The number of carbonyl (C=O) groups is 1. The molecule has 0 aliphatic heterocycles. The highest BCUT2D eigenvalue weighted by atomic mass is 35.5. The van der Waals surface area contributed by atoms with E-state index in [4.69, 9.17) is 0 Å². The fourth-order valence-electron chi connectivity index (χ4n) is 2.91. The van der Waals surface area contributed by atoms with Crippen LogP contribution in [0, 0.1) is 23.3 Å². The molecule has 4 nitrogen and oxygen atoms in total. The predicted octanol–water partition coefficient (Wildman–Crippen LogP) is 5.26. The van der Waals surface area contributed by atoms with Crippen LogP contribution in [0.15, 0.2) is 30.3 Å². The highest BCUT2D eigenvalue weighted by Crippen LogP contribution is 2.32. The first-order valence-electron chi connectivity index (χ1n) is 9.08. The van der Waals surface area contributed by atoms with Crippen molar-refractivity contribution in [1.82, 2.24) is 9.88 Å². The van der Waals surface area contributed by atoms with Crippen LogP contribution < -0.4 is 4.90 Å². The molecule has 1 heterocycles. The predicted molar refractivity (Wildman–Crippen MR) is 113 cm³/mol. The molecule has 0 unspecified atom stereocenters. The number of aromatic nitrogens is 1. The van der Waals surface area contributed by atoms with Crippen LogP contribution in [-0.2, 0) is 0 Å². The summed E-state index contributed by atoms with van der Waals surface area (Å²) in [6, 6.07) is 4.74. The van der Waals surface area contributed by atoms with E-state index < -0.39 is 29.2 Å². The Morgan fingerprint density at radius 1 is 0.967 bits per heavy atom. The molecule has 1 aromatic heterocycles. The molecule has 0 aliphatic rings. The van der Waals surface area contributed by atoms with E-state index in [1.165, 1.54) is 11.0 Å². The topological polar surface area (TPSA) is 36.4 Å². The Labute approximate surface area is 181 Å². The quantitative estimate of drug-likeness (QED) is 0.450. The van der Waals surface area contributed by atoms with Crippen molar-refractivity contribution in [2.45, 2.75) is 13.8 Å². The van der Waals surface area contributed by atoms with Crippen LogP contribution in [-0.4, -0.2) is 42.0 Å². The van der Waals surface area contributed by atoms with Gasteiger partial charge in [0.25, 0.3) is 5.91 Å². The summed E-state index contributed by atoms with van der Waals surface area (Å²) in [4.78, 5) is 20.6. The number of benzene rings is 2. The van der Waals surface area contributed by atoms with Crippen LogP contribution in [0.4, 0.5) is 22.7 Å². The van der Waals surface area contributed by atoms with Crippen LogP contribution in [0.5, 0.6) is 0 Å². The molecule has 0 radical (unpaired) electrons. The highest BCUT2D eigenvalue weighted by molar-refractivity contribution is 7.22. The van der Waals surface area contributed by atoms with Crippen LogP contribution in [0.2, 0.25) is 0 Å². The van der Waals surface area contributed by atoms with Gasteiger partial charge in [0.2, 0.25) is 0 Å². The van der Waals surface area contributed by atoms with Crippen LogP contribution in [0.1, 0.15) is 24.2 Å². The van der Waals surface area contributed by atoms with Gasteiger partial charge in [0.1, 0.15) is 11.3 Å². The van der Waals surface area contributed by atoms with Gasteiger partial charge in [0.05, 0.1) is 4.70 Å². The van der Waals surface area contributed by atoms with Crippen molar-refractivity contribution in [3.63, 3.8) is 0 Å². The maximum absolute atomic E-state index is 14.1. The molecule has 0 spiro atoms. The number of hydrogen-bond donors (Lipinski definition) is 0. The maximum atomic E-state index is 14.1. The summed E-state index contributed by atoms with van der Waals surface area (Å²) in [5, 5.41) is 0.159.